The van der Waals surface area contributed by atoms with E-state index < -0.39 is 6.10 Å². The molecule has 0 bridgehead atoms. The molecule has 3 aromatic rings. The van der Waals surface area contributed by atoms with Crippen LogP contribution in [0.15, 0.2) is 72.8 Å². The fraction of sp³-hybridized carbons (Fsp3) is 0.174. The Morgan fingerprint density at radius 2 is 1.69 bits per heavy atom. The monoisotopic (exact) mass is 391 g/mol. The number of anilines is 1. The van der Waals surface area contributed by atoms with E-state index in [0.29, 0.717) is 29.5 Å². The van der Waals surface area contributed by atoms with Gasteiger partial charge < -0.3 is 24.3 Å². The number of ether oxygens (including phenoxy) is 4. The Morgan fingerprint density at radius 3 is 2.48 bits per heavy atom. The molecule has 3 aromatic carbocycles. The van der Waals surface area contributed by atoms with E-state index in [1.165, 1.54) is 0 Å². The Morgan fingerprint density at radius 1 is 0.966 bits per heavy atom. The number of hydrogen-bond donors (Lipinski definition) is 1. The summed E-state index contributed by atoms with van der Waals surface area (Å²) >= 11 is 0. The summed E-state index contributed by atoms with van der Waals surface area (Å²) in [6.45, 7) is 2.38. The zero-order valence-corrected chi connectivity index (χ0v) is 16.0. The second-order valence-electron chi connectivity index (χ2n) is 6.56. The van der Waals surface area contributed by atoms with Crippen LogP contribution in [-0.4, -0.2) is 18.8 Å². The second kappa shape index (κ2) is 8.56. The average Bonchev–Trinajstić information content (AvgIpc) is 3.22. The van der Waals surface area contributed by atoms with Crippen LogP contribution in [0, 0.1) is 0 Å². The first-order valence-electron chi connectivity index (χ1n) is 9.31. The number of carbonyl (C=O) groups is 1. The molecule has 0 aromatic heterocycles. The van der Waals surface area contributed by atoms with Crippen molar-refractivity contribution in [2.24, 2.45) is 0 Å². The lowest BCUT2D eigenvalue weighted by atomic mass is 10.2. The van der Waals surface area contributed by atoms with Crippen molar-refractivity contribution in [2.75, 3.05) is 12.1 Å². The molecule has 0 saturated heterocycles. The van der Waals surface area contributed by atoms with Crippen LogP contribution in [-0.2, 0) is 11.4 Å². The highest BCUT2D eigenvalue weighted by Gasteiger charge is 2.18. The van der Waals surface area contributed by atoms with Gasteiger partial charge in [-0.25, -0.2) is 0 Å². The summed E-state index contributed by atoms with van der Waals surface area (Å²) in [4.78, 5) is 12.4. The van der Waals surface area contributed by atoms with Crippen molar-refractivity contribution in [1.29, 1.82) is 0 Å². The molecule has 4 rings (SSSR count). The lowest BCUT2D eigenvalue weighted by Gasteiger charge is -2.15. The molecule has 0 fully saturated rings. The first-order valence-corrected chi connectivity index (χ1v) is 9.31. The molecule has 1 aliphatic heterocycles. The molecule has 6 heteroatoms. The topological polar surface area (TPSA) is 66.0 Å². The van der Waals surface area contributed by atoms with Gasteiger partial charge in [-0.15, -0.1) is 0 Å². The summed E-state index contributed by atoms with van der Waals surface area (Å²) in [7, 11) is 0. The fourth-order valence-electron chi connectivity index (χ4n) is 2.83. The second-order valence-corrected chi connectivity index (χ2v) is 6.56. The molecule has 0 radical (unpaired) electrons. The van der Waals surface area contributed by atoms with E-state index in [4.69, 9.17) is 18.9 Å². The standard InChI is InChI=1S/C23H21NO5/c1-16(29-20-11-12-21-22(13-20)28-15-27-21)23(25)24-18-7-9-19(10-8-18)26-14-17-5-3-2-4-6-17/h2-13,16H,14-15H2,1H3,(H,24,25)/t16-/m1/s1. The average molecular weight is 391 g/mol. The number of carbonyl (C=O) groups excluding carboxylic acids is 1. The third-order valence-corrected chi connectivity index (χ3v) is 4.40. The number of nitrogens with one attached hydrogen (secondary N) is 1. The Bertz CT molecular complexity index is 972. The third-order valence-electron chi connectivity index (χ3n) is 4.40. The molecule has 0 saturated carbocycles. The fourth-order valence-corrected chi connectivity index (χ4v) is 2.83. The number of benzene rings is 3. The zero-order valence-electron chi connectivity index (χ0n) is 16.0. The minimum Gasteiger partial charge on any atom is -0.489 e. The highest BCUT2D eigenvalue weighted by Crippen LogP contribution is 2.35. The van der Waals surface area contributed by atoms with Crippen molar-refractivity contribution >= 4 is 11.6 Å². The van der Waals surface area contributed by atoms with Gasteiger partial charge in [-0.2, -0.15) is 0 Å². The summed E-state index contributed by atoms with van der Waals surface area (Å²) in [5.41, 5.74) is 1.77. The van der Waals surface area contributed by atoms with Gasteiger partial charge in [-0.1, -0.05) is 30.3 Å². The first kappa shape index (κ1) is 18.7. The predicted molar refractivity (Wildman–Crippen MR) is 109 cm³/mol. The minimum atomic E-state index is -0.677. The maximum atomic E-state index is 12.4. The number of amides is 1. The zero-order chi connectivity index (χ0) is 20.1. The summed E-state index contributed by atoms with van der Waals surface area (Å²) in [6, 6.07) is 22.4. The predicted octanol–water partition coefficient (Wildman–Crippen LogP) is 4.40. The largest absolute Gasteiger partial charge is 0.489 e. The summed E-state index contributed by atoms with van der Waals surface area (Å²) in [5.74, 6) is 2.31. The molecule has 29 heavy (non-hydrogen) atoms. The van der Waals surface area contributed by atoms with E-state index in [9.17, 15) is 4.79 Å². The molecule has 0 spiro atoms. The molecule has 1 amide bonds. The van der Waals surface area contributed by atoms with Gasteiger partial charge in [0.1, 0.15) is 18.1 Å². The molecule has 1 N–H and O–H groups in total. The molecule has 0 aliphatic carbocycles. The minimum absolute atomic E-state index is 0.194. The van der Waals surface area contributed by atoms with Crippen LogP contribution in [0.4, 0.5) is 5.69 Å². The molecular formula is C23H21NO5. The van der Waals surface area contributed by atoms with Crippen molar-refractivity contribution in [2.45, 2.75) is 19.6 Å². The van der Waals surface area contributed by atoms with Gasteiger partial charge in [0.05, 0.1) is 0 Å². The van der Waals surface area contributed by atoms with E-state index in [1.54, 1.807) is 37.3 Å². The van der Waals surface area contributed by atoms with Crippen molar-refractivity contribution in [1.82, 2.24) is 0 Å². The van der Waals surface area contributed by atoms with Crippen molar-refractivity contribution in [3.63, 3.8) is 0 Å². The van der Waals surface area contributed by atoms with Gasteiger partial charge in [0.15, 0.2) is 17.6 Å². The Hall–Kier alpha value is -3.67. The van der Waals surface area contributed by atoms with Gasteiger partial charge in [-0.05, 0) is 48.9 Å². The Balaban J connectivity index is 1.29. The molecular weight excluding hydrogens is 370 g/mol. The number of hydrogen-bond acceptors (Lipinski definition) is 5. The van der Waals surface area contributed by atoms with Crippen molar-refractivity contribution in [3.05, 3.63) is 78.4 Å². The van der Waals surface area contributed by atoms with Crippen molar-refractivity contribution in [3.8, 4) is 23.0 Å². The van der Waals surface area contributed by atoms with Gasteiger partial charge >= 0.3 is 0 Å². The molecule has 1 heterocycles. The lowest BCUT2D eigenvalue weighted by molar-refractivity contribution is -0.122. The normalized spacial score (nSPS) is 12.9. The maximum absolute atomic E-state index is 12.4. The quantitative estimate of drug-likeness (QED) is 0.647. The maximum Gasteiger partial charge on any atom is 0.265 e. The smallest absolute Gasteiger partial charge is 0.265 e. The van der Waals surface area contributed by atoms with Crippen LogP contribution in [0.25, 0.3) is 0 Å². The van der Waals surface area contributed by atoms with Crippen LogP contribution in [0.2, 0.25) is 0 Å². The molecule has 1 atom stereocenters. The van der Waals surface area contributed by atoms with Crippen LogP contribution in [0.1, 0.15) is 12.5 Å². The highest BCUT2D eigenvalue weighted by atomic mass is 16.7. The molecule has 0 unspecified atom stereocenters. The first-order chi connectivity index (χ1) is 14.2. The molecule has 1 aliphatic rings. The van der Waals surface area contributed by atoms with E-state index in [0.717, 1.165) is 11.3 Å². The van der Waals surface area contributed by atoms with Gasteiger partial charge in [0.25, 0.3) is 5.91 Å². The SMILES string of the molecule is C[C@@H](Oc1ccc2c(c1)OCO2)C(=O)Nc1ccc(OCc2ccccc2)cc1. The molecule has 6 nitrogen and oxygen atoms in total. The number of fused-ring (bicyclic) bond motifs is 1. The third kappa shape index (κ3) is 4.79. The summed E-state index contributed by atoms with van der Waals surface area (Å²) in [5, 5.41) is 2.84. The molecule has 148 valence electrons. The summed E-state index contributed by atoms with van der Waals surface area (Å²) < 4.78 is 22.1. The van der Waals surface area contributed by atoms with Crippen LogP contribution in [0.3, 0.4) is 0 Å². The van der Waals surface area contributed by atoms with Crippen LogP contribution < -0.4 is 24.3 Å². The summed E-state index contributed by atoms with van der Waals surface area (Å²) in [6.07, 6.45) is -0.677. The van der Waals surface area contributed by atoms with Gasteiger partial charge in [0.2, 0.25) is 6.79 Å². The van der Waals surface area contributed by atoms with E-state index in [-0.39, 0.29) is 12.7 Å². The van der Waals surface area contributed by atoms with E-state index in [2.05, 4.69) is 5.32 Å². The van der Waals surface area contributed by atoms with Gasteiger partial charge in [0, 0.05) is 11.8 Å². The lowest BCUT2D eigenvalue weighted by Crippen LogP contribution is -2.30. The number of rotatable bonds is 7. The van der Waals surface area contributed by atoms with Crippen LogP contribution in [0.5, 0.6) is 23.0 Å². The highest BCUT2D eigenvalue weighted by molar-refractivity contribution is 5.94. The van der Waals surface area contributed by atoms with Crippen LogP contribution >= 0.6 is 0 Å². The Kier molecular flexibility index (Phi) is 5.52. The van der Waals surface area contributed by atoms with E-state index >= 15 is 0 Å². The Labute approximate surface area is 169 Å². The van der Waals surface area contributed by atoms with E-state index in [1.807, 2.05) is 42.5 Å². The van der Waals surface area contributed by atoms with Gasteiger partial charge in [-0.3, -0.25) is 4.79 Å². The van der Waals surface area contributed by atoms with Crippen molar-refractivity contribution < 1.29 is 23.7 Å².